The van der Waals surface area contributed by atoms with Gasteiger partial charge in [-0.1, -0.05) is 13.8 Å². The molecule has 0 aliphatic heterocycles. The Bertz CT molecular complexity index is 488. The van der Waals surface area contributed by atoms with Gasteiger partial charge < -0.3 is 10.1 Å². The van der Waals surface area contributed by atoms with Crippen LogP contribution in [0.15, 0.2) is 22.8 Å². The van der Waals surface area contributed by atoms with Gasteiger partial charge in [0.05, 0.1) is 15.9 Å². The Morgan fingerprint density at radius 3 is 2.87 bits per heavy atom. The van der Waals surface area contributed by atoms with Crippen molar-refractivity contribution in [3.63, 3.8) is 0 Å². The van der Waals surface area contributed by atoms with Gasteiger partial charge in [0.15, 0.2) is 5.65 Å². The van der Waals surface area contributed by atoms with E-state index in [2.05, 4.69) is 39.2 Å². The second-order valence-electron chi connectivity index (χ2n) is 3.85. The van der Waals surface area contributed by atoms with Crippen LogP contribution in [0.4, 0.5) is 0 Å². The summed E-state index contributed by atoms with van der Waals surface area (Å²) in [4.78, 5) is 4.62. The van der Waals surface area contributed by atoms with Crippen LogP contribution in [0.5, 0.6) is 0 Å². The summed E-state index contributed by atoms with van der Waals surface area (Å²) in [6, 6.07) is 3.98. The first-order chi connectivity index (χ1) is 7.15. The molecule has 2 heterocycles. The molecular formula is C11H14BrN3. The van der Waals surface area contributed by atoms with E-state index >= 15 is 0 Å². The molecule has 0 aliphatic rings. The number of hydrogen-bond donors (Lipinski definition) is 1. The minimum absolute atomic E-state index is 0.398. The molecule has 80 valence electrons. The molecule has 0 saturated heterocycles. The van der Waals surface area contributed by atoms with Gasteiger partial charge in [-0.3, -0.25) is 0 Å². The molecule has 2 rings (SSSR count). The highest BCUT2D eigenvalue weighted by molar-refractivity contribution is 9.10. The van der Waals surface area contributed by atoms with E-state index < -0.39 is 0 Å². The Kier molecular flexibility index (Phi) is 2.80. The molecule has 0 spiro atoms. The van der Waals surface area contributed by atoms with E-state index in [1.54, 1.807) is 0 Å². The van der Waals surface area contributed by atoms with Crippen molar-refractivity contribution in [2.75, 3.05) is 0 Å². The third-order valence-corrected chi connectivity index (χ3v) is 3.09. The highest BCUT2D eigenvalue weighted by atomic mass is 79.9. The number of pyridine rings is 1. The van der Waals surface area contributed by atoms with Gasteiger partial charge in [0, 0.05) is 12.7 Å². The fourth-order valence-corrected chi connectivity index (χ4v) is 2.20. The van der Waals surface area contributed by atoms with Crippen LogP contribution in [-0.4, -0.2) is 9.38 Å². The monoisotopic (exact) mass is 267 g/mol. The molecule has 0 amide bonds. The van der Waals surface area contributed by atoms with Crippen molar-refractivity contribution in [1.82, 2.24) is 9.38 Å². The Balaban J connectivity index is 2.78. The lowest BCUT2D eigenvalue weighted by molar-refractivity contribution is 0.799. The molecule has 0 bridgehead atoms. The summed E-state index contributed by atoms with van der Waals surface area (Å²) in [5.74, 6) is 0.398. The van der Waals surface area contributed by atoms with E-state index in [-0.39, 0.29) is 0 Å². The summed E-state index contributed by atoms with van der Waals surface area (Å²) < 4.78 is 3.06. The quantitative estimate of drug-likeness (QED) is 0.909. The summed E-state index contributed by atoms with van der Waals surface area (Å²) >= 11 is 3.50. The van der Waals surface area contributed by atoms with Crippen LogP contribution in [0, 0.1) is 0 Å². The lowest BCUT2D eigenvalue weighted by Gasteiger charge is -2.04. The van der Waals surface area contributed by atoms with Crippen molar-refractivity contribution in [1.29, 1.82) is 0 Å². The SMILES string of the molecule is CC(C)c1nc2c(Br)cccn2c1CN. The molecule has 0 saturated carbocycles. The van der Waals surface area contributed by atoms with Crippen molar-refractivity contribution in [2.45, 2.75) is 26.3 Å². The predicted molar refractivity (Wildman–Crippen MR) is 64.9 cm³/mol. The van der Waals surface area contributed by atoms with Crippen LogP contribution in [0.2, 0.25) is 0 Å². The highest BCUT2D eigenvalue weighted by Crippen LogP contribution is 2.24. The first-order valence-corrected chi connectivity index (χ1v) is 5.80. The van der Waals surface area contributed by atoms with Gasteiger partial charge in [-0.2, -0.15) is 0 Å². The van der Waals surface area contributed by atoms with Crippen molar-refractivity contribution in [3.05, 3.63) is 34.2 Å². The van der Waals surface area contributed by atoms with Crippen LogP contribution >= 0.6 is 15.9 Å². The molecule has 2 aromatic rings. The van der Waals surface area contributed by atoms with Gasteiger partial charge in [-0.25, -0.2) is 4.98 Å². The first kappa shape index (κ1) is 10.6. The lowest BCUT2D eigenvalue weighted by Crippen LogP contribution is -2.05. The van der Waals surface area contributed by atoms with Gasteiger partial charge in [0.25, 0.3) is 0 Å². The van der Waals surface area contributed by atoms with Crippen molar-refractivity contribution < 1.29 is 0 Å². The second-order valence-corrected chi connectivity index (χ2v) is 4.71. The smallest absolute Gasteiger partial charge is 0.151 e. The zero-order valence-electron chi connectivity index (χ0n) is 8.87. The zero-order valence-corrected chi connectivity index (χ0v) is 10.5. The number of hydrogen-bond acceptors (Lipinski definition) is 2. The summed E-state index contributed by atoms with van der Waals surface area (Å²) in [7, 11) is 0. The Labute approximate surface area is 97.4 Å². The molecular weight excluding hydrogens is 254 g/mol. The predicted octanol–water partition coefficient (Wildman–Crippen LogP) is 2.68. The molecule has 0 atom stereocenters. The summed E-state index contributed by atoms with van der Waals surface area (Å²) in [6.45, 7) is 4.79. The fraction of sp³-hybridized carbons (Fsp3) is 0.364. The Morgan fingerprint density at radius 1 is 1.53 bits per heavy atom. The molecule has 0 radical (unpaired) electrons. The van der Waals surface area contributed by atoms with Crippen LogP contribution in [-0.2, 0) is 6.54 Å². The third-order valence-electron chi connectivity index (χ3n) is 2.47. The van der Waals surface area contributed by atoms with Gasteiger partial charge in [0.1, 0.15) is 0 Å². The summed E-state index contributed by atoms with van der Waals surface area (Å²) in [5.41, 5.74) is 8.90. The molecule has 2 N–H and O–H groups in total. The maximum Gasteiger partial charge on any atom is 0.151 e. The summed E-state index contributed by atoms with van der Waals surface area (Å²) in [5, 5.41) is 0. The first-order valence-electron chi connectivity index (χ1n) is 5.00. The minimum Gasteiger partial charge on any atom is -0.325 e. The third kappa shape index (κ3) is 1.68. The fourth-order valence-electron chi connectivity index (χ4n) is 1.77. The molecule has 2 aromatic heterocycles. The number of fused-ring (bicyclic) bond motifs is 1. The van der Waals surface area contributed by atoms with Gasteiger partial charge >= 0.3 is 0 Å². The zero-order chi connectivity index (χ0) is 11.0. The molecule has 0 fully saturated rings. The van der Waals surface area contributed by atoms with Gasteiger partial charge in [-0.05, 0) is 34.0 Å². The Morgan fingerprint density at radius 2 is 2.27 bits per heavy atom. The van der Waals surface area contributed by atoms with E-state index in [1.807, 2.05) is 18.3 Å². The highest BCUT2D eigenvalue weighted by Gasteiger charge is 2.14. The number of imidazole rings is 1. The molecule has 3 nitrogen and oxygen atoms in total. The maximum absolute atomic E-state index is 5.77. The lowest BCUT2D eigenvalue weighted by atomic mass is 10.1. The van der Waals surface area contributed by atoms with Crippen LogP contribution < -0.4 is 5.73 Å². The van der Waals surface area contributed by atoms with Gasteiger partial charge in [-0.15, -0.1) is 0 Å². The minimum atomic E-state index is 0.398. The number of rotatable bonds is 2. The van der Waals surface area contributed by atoms with Crippen molar-refractivity contribution in [3.8, 4) is 0 Å². The van der Waals surface area contributed by atoms with E-state index in [4.69, 9.17) is 5.73 Å². The van der Waals surface area contributed by atoms with E-state index in [0.29, 0.717) is 12.5 Å². The molecule has 0 aliphatic carbocycles. The number of nitrogens with zero attached hydrogens (tertiary/aromatic N) is 2. The number of nitrogens with two attached hydrogens (primary N) is 1. The van der Waals surface area contributed by atoms with Crippen LogP contribution in [0.25, 0.3) is 5.65 Å². The Hall–Kier alpha value is -0.870. The average Bonchev–Trinajstić information content (AvgIpc) is 2.57. The topological polar surface area (TPSA) is 43.3 Å². The van der Waals surface area contributed by atoms with Crippen LogP contribution in [0.1, 0.15) is 31.2 Å². The van der Waals surface area contributed by atoms with E-state index in [9.17, 15) is 0 Å². The van der Waals surface area contributed by atoms with Crippen LogP contribution in [0.3, 0.4) is 0 Å². The molecule has 15 heavy (non-hydrogen) atoms. The normalized spacial score (nSPS) is 11.5. The van der Waals surface area contributed by atoms with E-state index in [1.165, 1.54) is 0 Å². The standard InChI is InChI=1S/C11H14BrN3/c1-7(2)10-9(6-13)15-5-3-4-8(12)11(15)14-10/h3-5,7H,6,13H2,1-2H3. The second kappa shape index (κ2) is 3.94. The maximum atomic E-state index is 5.77. The molecule has 4 heteroatoms. The molecule has 0 unspecified atom stereocenters. The average molecular weight is 268 g/mol. The van der Waals surface area contributed by atoms with E-state index in [0.717, 1.165) is 21.5 Å². The summed E-state index contributed by atoms with van der Waals surface area (Å²) in [6.07, 6.45) is 2.00. The van der Waals surface area contributed by atoms with Gasteiger partial charge in [0.2, 0.25) is 0 Å². The number of halogens is 1. The molecule has 0 aromatic carbocycles. The van der Waals surface area contributed by atoms with Crippen molar-refractivity contribution >= 4 is 21.6 Å². The number of aromatic nitrogens is 2. The van der Waals surface area contributed by atoms with Crippen molar-refractivity contribution in [2.24, 2.45) is 5.73 Å². The largest absolute Gasteiger partial charge is 0.325 e.